The third-order valence-electron chi connectivity index (χ3n) is 3.91. The highest BCUT2D eigenvalue weighted by molar-refractivity contribution is 7.84. The SMILES string of the molecule is Cc1ccccc1P(c1ccccc1C)c1cc(O)ccc1S. The molecule has 0 spiro atoms. The van der Waals surface area contributed by atoms with Gasteiger partial charge in [0.1, 0.15) is 5.75 Å². The molecule has 1 N–H and O–H groups in total. The van der Waals surface area contributed by atoms with Gasteiger partial charge in [-0.2, -0.15) is 0 Å². The van der Waals surface area contributed by atoms with Crippen molar-refractivity contribution < 1.29 is 5.11 Å². The number of phenolic OH excluding ortho intramolecular Hbond substituents is 1. The Labute approximate surface area is 144 Å². The van der Waals surface area contributed by atoms with Crippen LogP contribution in [0.3, 0.4) is 0 Å². The summed E-state index contributed by atoms with van der Waals surface area (Å²) in [5, 5.41) is 13.7. The topological polar surface area (TPSA) is 20.2 Å². The standard InChI is InChI=1S/C20H19OPS/c1-14-7-3-5-9-17(14)22(18-10-6-4-8-15(18)2)19-13-16(21)11-12-20(19)23/h3-13,21,23H,1-2H3. The van der Waals surface area contributed by atoms with Gasteiger partial charge in [-0.25, -0.2) is 0 Å². The number of thiol groups is 1. The van der Waals surface area contributed by atoms with E-state index in [1.807, 2.05) is 12.1 Å². The van der Waals surface area contributed by atoms with Crippen molar-refractivity contribution in [1.82, 2.24) is 0 Å². The van der Waals surface area contributed by atoms with Crippen molar-refractivity contribution in [3.63, 3.8) is 0 Å². The molecule has 0 heterocycles. The smallest absolute Gasteiger partial charge is 0.116 e. The highest BCUT2D eigenvalue weighted by atomic mass is 32.1. The first kappa shape index (κ1) is 16.1. The Morgan fingerprint density at radius 2 is 1.26 bits per heavy atom. The molecule has 0 fully saturated rings. The lowest BCUT2D eigenvalue weighted by atomic mass is 10.2. The molecule has 3 heteroatoms. The van der Waals surface area contributed by atoms with E-state index in [2.05, 4.69) is 75.0 Å². The number of hydrogen-bond acceptors (Lipinski definition) is 2. The lowest BCUT2D eigenvalue weighted by Crippen LogP contribution is -2.24. The van der Waals surface area contributed by atoms with Gasteiger partial charge in [-0.05, 0) is 61.7 Å². The fourth-order valence-electron chi connectivity index (χ4n) is 2.71. The minimum absolute atomic E-state index is 0.285. The monoisotopic (exact) mass is 338 g/mol. The van der Waals surface area contributed by atoms with Crippen molar-refractivity contribution in [3.05, 3.63) is 77.9 Å². The van der Waals surface area contributed by atoms with E-state index < -0.39 is 7.92 Å². The van der Waals surface area contributed by atoms with Crippen LogP contribution in [-0.4, -0.2) is 5.11 Å². The van der Waals surface area contributed by atoms with Gasteiger partial charge in [-0.3, -0.25) is 0 Å². The van der Waals surface area contributed by atoms with Crippen LogP contribution in [0.2, 0.25) is 0 Å². The van der Waals surface area contributed by atoms with Crippen LogP contribution in [0.25, 0.3) is 0 Å². The van der Waals surface area contributed by atoms with Crippen molar-refractivity contribution in [1.29, 1.82) is 0 Å². The summed E-state index contributed by atoms with van der Waals surface area (Å²) in [4.78, 5) is 0.917. The molecule has 0 bridgehead atoms. The van der Waals surface area contributed by atoms with E-state index in [1.54, 1.807) is 6.07 Å². The van der Waals surface area contributed by atoms with Crippen LogP contribution in [0, 0.1) is 13.8 Å². The van der Waals surface area contributed by atoms with Crippen molar-refractivity contribution in [2.75, 3.05) is 0 Å². The number of rotatable bonds is 3. The summed E-state index contributed by atoms with van der Waals surface area (Å²) in [6.45, 7) is 4.29. The zero-order valence-electron chi connectivity index (χ0n) is 13.2. The molecule has 0 aliphatic heterocycles. The number of benzene rings is 3. The fourth-order valence-corrected chi connectivity index (χ4v) is 5.82. The predicted octanol–water partition coefficient (Wildman–Crippen LogP) is 4.06. The molecular weight excluding hydrogens is 319 g/mol. The van der Waals surface area contributed by atoms with Crippen molar-refractivity contribution in [2.45, 2.75) is 18.7 Å². The molecule has 0 saturated carbocycles. The molecular formula is C20H19OPS. The molecule has 1 nitrogen and oxygen atoms in total. The predicted molar refractivity (Wildman–Crippen MR) is 104 cm³/mol. The van der Waals surface area contributed by atoms with Gasteiger partial charge in [0.25, 0.3) is 0 Å². The van der Waals surface area contributed by atoms with E-state index in [1.165, 1.54) is 21.7 Å². The van der Waals surface area contributed by atoms with Gasteiger partial charge in [0.15, 0.2) is 0 Å². The average molecular weight is 338 g/mol. The molecule has 0 amide bonds. The van der Waals surface area contributed by atoms with Crippen LogP contribution < -0.4 is 15.9 Å². The molecule has 0 aromatic heterocycles. The number of phenols is 1. The highest BCUT2D eigenvalue weighted by Gasteiger charge is 2.22. The lowest BCUT2D eigenvalue weighted by molar-refractivity contribution is 0.475. The normalized spacial score (nSPS) is 11.0. The van der Waals surface area contributed by atoms with Crippen LogP contribution in [0.5, 0.6) is 5.75 Å². The molecule has 3 rings (SSSR count). The van der Waals surface area contributed by atoms with E-state index in [-0.39, 0.29) is 5.75 Å². The van der Waals surface area contributed by atoms with E-state index in [9.17, 15) is 5.11 Å². The Morgan fingerprint density at radius 3 is 1.78 bits per heavy atom. The third kappa shape index (κ3) is 3.29. The Bertz CT molecular complexity index is 799. The molecule has 0 saturated heterocycles. The van der Waals surface area contributed by atoms with Crippen LogP contribution in [0.15, 0.2) is 71.6 Å². The molecule has 116 valence electrons. The van der Waals surface area contributed by atoms with Crippen LogP contribution in [0.4, 0.5) is 0 Å². The summed E-state index contributed by atoms with van der Waals surface area (Å²) in [6, 6.07) is 22.4. The molecule has 0 unspecified atom stereocenters. The van der Waals surface area contributed by atoms with Gasteiger partial charge in [-0.15, -0.1) is 12.6 Å². The van der Waals surface area contributed by atoms with E-state index in [4.69, 9.17) is 0 Å². The van der Waals surface area contributed by atoms with Crippen LogP contribution >= 0.6 is 20.6 Å². The summed E-state index contributed by atoms with van der Waals surface area (Å²) < 4.78 is 0. The van der Waals surface area contributed by atoms with Gasteiger partial charge < -0.3 is 5.11 Å². The maximum atomic E-state index is 10.00. The first-order chi connectivity index (χ1) is 11.1. The first-order valence-corrected chi connectivity index (χ1v) is 9.30. The molecule has 3 aromatic rings. The largest absolute Gasteiger partial charge is 0.508 e. The Hall–Kier alpha value is -1.76. The summed E-state index contributed by atoms with van der Waals surface area (Å²) >= 11 is 4.66. The highest BCUT2D eigenvalue weighted by Crippen LogP contribution is 2.38. The fraction of sp³-hybridized carbons (Fsp3) is 0.100. The second-order valence-electron chi connectivity index (χ2n) is 5.58. The van der Waals surface area contributed by atoms with Gasteiger partial charge in [0, 0.05) is 10.2 Å². The van der Waals surface area contributed by atoms with Crippen molar-refractivity contribution >= 4 is 36.5 Å². The van der Waals surface area contributed by atoms with Crippen molar-refractivity contribution in [3.8, 4) is 5.75 Å². The second kappa shape index (κ2) is 6.78. The molecule has 0 atom stereocenters. The van der Waals surface area contributed by atoms with Crippen molar-refractivity contribution in [2.24, 2.45) is 0 Å². The van der Waals surface area contributed by atoms with Crippen LogP contribution in [-0.2, 0) is 0 Å². The molecule has 0 aliphatic rings. The Kier molecular flexibility index (Phi) is 4.75. The lowest BCUT2D eigenvalue weighted by Gasteiger charge is -2.24. The van der Waals surface area contributed by atoms with E-state index in [0.717, 1.165) is 10.2 Å². The molecule has 23 heavy (non-hydrogen) atoms. The molecule has 0 aliphatic carbocycles. The summed E-state index contributed by atoms with van der Waals surface area (Å²) in [5.41, 5.74) is 2.52. The maximum Gasteiger partial charge on any atom is 0.116 e. The Balaban J connectivity index is 2.29. The number of hydrogen-bond donors (Lipinski definition) is 2. The van der Waals surface area contributed by atoms with Gasteiger partial charge >= 0.3 is 0 Å². The minimum atomic E-state index is -0.761. The molecule has 0 radical (unpaired) electrons. The summed E-state index contributed by atoms with van der Waals surface area (Å²) in [7, 11) is -0.761. The quantitative estimate of drug-likeness (QED) is 0.545. The summed E-state index contributed by atoms with van der Waals surface area (Å²) in [5.74, 6) is 0.285. The zero-order valence-corrected chi connectivity index (χ0v) is 15.0. The van der Waals surface area contributed by atoms with Gasteiger partial charge in [0.2, 0.25) is 0 Å². The third-order valence-corrected chi connectivity index (χ3v) is 7.30. The second-order valence-corrected chi connectivity index (χ2v) is 8.18. The number of aromatic hydroxyl groups is 1. The first-order valence-electron chi connectivity index (χ1n) is 7.51. The number of aryl methyl sites for hydroxylation is 2. The van der Waals surface area contributed by atoms with E-state index >= 15 is 0 Å². The van der Waals surface area contributed by atoms with Gasteiger partial charge in [-0.1, -0.05) is 48.5 Å². The molecule has 3 aromatic carbocycles. The Morgan fingerprint density at radius 1 is 0.739 bits per heavy atom. The van der Waals surface area contributed by atoms with E-state index in [0.29, 0.717) is 0 Å². The zero-order chi connectivity index (χ0) is 16.4. The van der Waals surface area contributed by atoms with Crippen LogP contribution in [0.1, 0.15) is 11.1 Å². The minimum Gasteiger partial charge on any atom is -0.508 e. The summed E-state index contributed by atoms with van der Waals surface area (Å²) in [6.07, 6.45) is 0. The average Bonchev–Trinajstić information content (AvgIpc) is 2.54. The van der Waals surface area contributed by atoms with Gasteiger partial charge in [0.05, 0.1) is 0 Å². The maximum absolute atomic E-state index is 10.00.